The molecule has 0 saturated carbocycles. The third kappa shape index (κ3) is 1.42. The van der Waals surface area contributed by atoms with Gasteiger partial charge in [-0.3, -0.25) is 0 Å². The Morgan fingerprint density at radius 1 is 1.47 bits per heavy atom. The van der Waals surface area contributed by atoms with Crippen molar-refractivity contribution < 1.29 is 15.0 Å². The minimum Gasteiger partial charge on any atom is -0.508 e. The van der Waals surface area contributed by atoms with Crippen LogP contribution in [0.25, 0.3) is 10.9 Å². The molecule has 15 heavy (non-hydrogen) atoms. The number of hydrogen-bond donors (Lipinski definition) is 4. The molecule has 5 nitrogen and oxygen atoms in total. The SMILES string of the molecule is NCc1[nH]c2ccc(O)cc2c1C(=O)O. The fraction of sp³-hybridized carbons (Fsp3) is 0.100. The first kappa shape index (κ1) is 9.54. The molecule has 2 rings (SSSR count). The van der Waals surface area contributed by atoms with Crippen LogP contribution in [0.4, 0.5) is 0 Å². The fourth-order valence-corrected chi connectivity index (χ4v) is 1.63. The Bertz CT molecular complexity index is 531. The lowest BCUT2D eigenvalue weighted by molar-refractivity contribution is 0.0698. The number of nitrogens with two attached hydrogens (primary N) is 1. The molecule has 5 N–H and O–H groups in total. The number of fused-ring (bicyclic) bond motifs is 1. The zero-order chi connectivity index (χ0) is 11.0. The van der Waals surface area contributed by atoms with Gasteiger partial charge in [0, 0.05) is 23.1 Å². The van der Waals surface area contributed by atoms with E-state index in [9.17, 15) is 9.90 Å². The van der Waals surface area contributed by atoms with Crippen LogP contribution in [0.1, 0.15) is 16.1 Å². The summed E-state index contributed by atoms with van der Waals surface area (Å²) >= 11 is 0. The largest absolute Gasteiger partial charge is 0.508 e. The number of aromatic hydroxyl groups is 1. The molecule has 0 spiro atoms. The summed E-state index contributed by atoms with van der Waals surface area (Å²) in [5.41, 5.74) is 6.68. The highest BCUT2D eigenvalue weighted by atomic mass is 16.4. The molecular weight excluding hydrogens is 196 g/mol. The van der Waals surface area contributed by atoms with Crippen LogP contribution in [0.3, 0.4) is 0 Å². The fourth-order valence-electron chi connectivity index (χ4n) is 1.63. The number of phenols is 1. The lowest BCUT2D eigenvalue weighted by atomic mass is 10.1. The van der Waals surface area contributed by atoms with Crippen LogP contribution in [-0.4, -0.2) is 21.2 Å². The lowest BCUT2D eigenvalue weighted by Gasteiger charge is -1.95. The standard InChI is InChI=1S/C10H10N2O3/c11-4-8-9(10(14)15)6-3-5(13)1-2-7(6)12-8/h1-3,12-13H,4,11H2,(H,14,15). The number of nitrogens with one attached hydrogen (secondary N) is 1. The van der Waals surface area contributed by atoms with Crippen molar-refractivity contribution in [3.63, 3.8) is 0 Å². The second-order valence-electron chi connectivity index (χ2n) is 3.22. The molecule has 0 unspecified atom stereocenters. The maximum atomic E-state index is 11.0. The molecule has 1 aromatic heterocycles. The number of aromatic carboxylic acids is 1. The number of carboxylic acids is 1. The van der Waals surface area contributed by atoms with Crippen molar-refractivity contribution >= 4 is 16.9 Å². The van der Waals surface area contributed by atoms with Crippen molar-refractivity contribution in [1.82, 2.24) is 4.98 Å². The summed E-state index contributed by atoms with van der Waals surface area (Å²) in [4.78, 5) is 13.9. The number of hydrogen-bond acceptors (Lipinski definition) is 3. The molecule has 0 saturated heterocycles. The van der Waals surface area contributed by atoms with Crippen molar-refractivity contribution in [2.24, 2.45) is 5.73 Å². The quantitative estimate of drug-likeness (QED) is 0.589. The molecule has 1 aromatic carbocycles. The first-order chi connectivity index (χ1) is 7.13. The van der Waals surface area contributed by atoms with Gasteiger partial charge in [-0.15, -0.1) is 0 Å². The van der Waals surface area contributed by atoms with E-state index in [0.717, 1.165) is 0 Å². The number of rotatable bonds is 2. The minimum atomic E-state index is -1.05. The first-order valence-electron chi connectivity index (χ1n) is 4.40. The van der Waals surface area contributed by atoms with Crippen molar-refractivity contribution in [1.29, 1.82) is 0 Å². The number of H-pyrrole nitrogens is 1. The van der Waals surface area contributed by atoms with E-state index in [1.807, 2.05) is 0 Å². The van der Waals surface area contributed by atoms with Gasteiger partial charge >= 0.3 is 5.97 Å². The van der Waals surface area contributed by atoms with Gasteiger partial charge in [0.25, 0.3) is 0 Å². The van der Waals surface area contributed by atoms with Crippen LogP contribution < -0.4 is 5.73 Å². The van der Waals surface area contributed by atoms with E-state index in [1.54, 1.807) is 6.07 Å². The van der Waals surface area contributed by atoms with E-state index >= 15 is 0 Å². The summed E-state index contributed by atoms with van der Waals surface area (Å²) in [5.74, 6) is -1.01. The number of benzene rings is 1. The third-order valence-corrected chi connectivity index (χ3v) is 2.28. The predicted octanol–water partition coefficient (Wildman–Crippen LogP) is 1.03. The van der Waals surface area contributed by atoms with Crippen molar-refractivity contribution in [3.05, 3.63) is 29.5 Å². The average Bonchev–Trinajstić information content (AvgIpc) is 2.55. The molecule has 0 atom stereocenters. The molecule has 78 valence electrons. The number of carbonyl (C=O) groups is 1. The van der Waals surface area contributed by atoms with Crippen LogP contribution in [0.15, 0.2) is 18.2 Å². The van der Waals surface area contributed by atoms with Gasteiger partial charge in [0.2, 0.25) is 0 Å². The van der Waals surface area contributed by atoms with Crippen molar-refractivity contribution in [3.8, 4) is 5.75 Å². The molecule has 5 heteroatoms. The van der Waals surface area contributed by atoms with Gasteiger partial charge in [-0.25, -0.2) is 4.79 Å². The highest BCUT2D eigenvalue weighted by Gasteiger charge is 2.16. The van der Waals surface area contributed by atoms with E-state index in [-0.39, 0.29) is 17.9 Å². The molecule has 1 heterocycles. The Balaban J connectivity index is 2.82. The lowest BCUT2D eigenvalue weighted by Crippen LogP contribution is -2.05. The van der Waals surface area contributed by atoms with Crippen LogP contribution in [-0.2, 0) is 6.54 Å². The Kier molecular flexibility index (Phi) is 2.09. The molecular formula is C10H10N2O3. The number of aromatic amines is 1. The second kappa shape index (κ2) is 3.29. The molecule has 0 aliphatic carbocycles. The molecule has 0 radical (unpaired) electrons. The smallest absolute Gasteiger partial charge is 0.338 e. The normalized spacial score (nSPS) is 10.7. The Morgan fingerprint density at radius 3 is 2.80 bits per heavy atom. The summed E-state index contributed by atoms with van der Waals surface area (Å²) in [6, 6.07) is 4.52. The summed E-state index contributed by atoms with van der Waals surface area (Å²) in [7, 11) is 0. The molecule has 2 aromatic rings. The van der Waals surface area contributed by atoms with Gasteiger partial charge in [0.15, 0.2) is 0 Å². The highest BCUT2D eigenvalue weighted by molar-refractivity contribution is 6.05. The first-order valence-corrected chi connectivity index (χ1v) is 4.40. The van der Waals surface area contributed by atoms with E-state index in [0.29, 0.717) is 16.6 Å². The highest BCUT2D eigenvalue weighted by Crippen LogP contribution is 2.25. The van der Waals surface area contributed by atoms with Gasteiger partial charge < -0.3 is 20.9 Å². The van der Waals surface area contributed by atoms with Gasteiger partial charge in [-0.2, -0.15) is 0 Å². The number of aromatic nitrogens is 1. The van der Waals surface area contributed by atoms with Gasteiger partial charge in [0.05, 0.1) is 5.56 Å². The van der Waals surface area contributed by atoms with Gasteiger partial charge in [-0.05, 0) is 18.2 Å². The van der Waals surface area contributed by atoms with Crippen LogP contribution in [0.2, 0.25) is 0 Å². The summed E-state index contributed by atoms with van der Waals surface area (Å²) in [5, 5.41) is 18.8. The van der Waals surface area contributed by atoms with Crippen molar-refractivity contribution in [2.45, 2.75) is 6.54 Å². The molecule has 0 aliphatic rings. The monoisotopic (exact) mass is 206 g/mol. The molecule has 0 bridgehead atoms. The summed E-state index contributed by atoms with van der Waals surface area (Å²) in [6.07, 6.45) is 0. The minimum absolute atomic E-state index is 0.0348. The maximum Gasteiger partial charge on any atom is 0.338 e. The Labute approximate surface area is 85.1 Å². The van der Waals surface area contributed by atoms with Crippen LogP contribution in [0, 0.1) is 0 Å². The summed E-state index contributed by atoms with van der Waals surface area (Å²) in [6.45, 7) is 0.122. The number of phenolic OH excluding ortho intramolecular Hbond substituents is 1. The van der Waals surface area contributed by atoms with Crippen molar-refractivity contribution in [2.75, 3.05) is 0 Å². The number of carboxylic acid groups (broad SMARTS) is 1. The molecule has 0 amide bonds. The second-order valence-corrected chi connectivity index (χ2v) is 3.22. The third-order valence-electron chi connectivity index (χ3n) is 2.28. The van der Waals surface area contributed by atoms with E-state index in [1.165, 1.54) is 12.1 Å². The topological polar surface area (TPSA) is 99.3 Å². The van der Waals surface area contributed by atoms with E-state index in [4.69, 9.17) is 10.8 Å². The summed E-state index contributed by atoms with van der Waals surface area (Å²) < 4.78 is 0. The average molecular weight is 206 g/mol. The van der Waals surface area contributed by atoms with E-state index < -0.39 is 5.97 Å². The molecule has 0 aliphatic heterocycles. The van der Waals surface area contributed by atoms with Crippen LogP contribution >= 0.6 is 0 Å². The zero-order valence-corrected chi connectivity index (χ0v) is 7.82. The van der Waals surface area contributed by atoms with Gasteiger partial charge in [0.1, 0.15) is 5.75 Å². The van der Waals surface area contributed by atoms with Crippen LogP contribution in [0.5, 0.6) is 5.75 Å². The van der Waals surface area contributed by atoms with Gasteiger partial charge in [-0.1, -0.05) is 0 Å². The van der Waals surface area contributed by atoms with E-state index in [2.05, 4.69) is 4.98 Å². The Morgan fingerprint density at radius 2 is 2.20 bits per heavy atom. The zero-order valence-electron chi connectivity index (χ0n) is 7.82. The Hall–Kier alpha value is -2.01. The molecule has 0 fully saturated rings. The predicted molar refractivity (Wildman–Crippen MR) is 54.8 cm³/mol. The maximum absolute atomic E-state index is 11.0.